The monoisotopic (exact) mass is 374 g/mol. The molecule has 0 aliphatic carbocycles. The number of ether oxygens (including phenoxy) is 3. The van der Waals surface area contributed by atoms with Gasteiger partial charge in [0.15, 0.2) is 23.1 Å². The van der Waals surface area contributed by atoms with Gasteiger partial charge < -0.3 is 19.9 Å². The van der Waals surface area contributed by atoms with Crippen molar-refractivity contribution in [1.82, 2.24) is 15.2 Å². The van der Waals surface area contributed by atoms with E-state index in [1.807, 2.05) is 12.1 Å². The zero-order chi connectivity index (χ0) is 18.5. The number of nitrogens with zero attached hydrogens (tertiary/aromatic N) is 2. The Morgan fingerprint density at radius 1 is 1.08 bits per heavy atom. The molecule has 2 aromatic carbocycles. The van der Waals surface area contributed by atoms with Crippen molar-refractivity contribution >= 4 is 11.6 Å². The SMILES string of the molecule is COc1ccc([C@@H](N)c2n[nH]c(COc3ccc(Cl)cc3)n2)cc1OC. The fourth-order valence-electron chi connectivity index (χ4n) is 2.39. The minimum Gasteiger partial charge on any atom is -0.493 e. The number of benzene rings is 2. The average molecular weight is 375 g/mol. The first-order chi connectivity index (χ1) is 12.6. The number of aromatic amines is 1. The average Bonchev–Trinajstić information content (AvgIpc) is 3.15. The van der Waals surface area contributed by atoms with E-state index in [1.165, 1.54) is 0 Å². The standard InChI is InChI=1S/C18H19ClN4O3/c1-24-14-8-3-11(9-15(14)25-2)17(20)18-21-16(22-23-18)10-26-13-6-4-12(19)5-7-13/h3-9,17H,10,20H2,1-2H3,(H,21,22,23)/t17-/m1/s1. The lowest BCUT2D eigenvalue weighted by Gasteiger charge is -2.12. The molecule has 1 aromatic heterocycles. The van der Waals surface area contributed by atoms with Crippen LogP contribution in [0, 0.1) is 0 Å². The van der Waals surface area contributed by atoms with Crippen molar-refractivity contribution in [1.29, 1.82) is 0 Å². The summed E-state index contributed by atoms with van der Waals surface area (Å²) < 4.78 is 16.2. The van der Waals surface area contributed by atoms with Crippen molar-refractivity contribution in [3.8, 4) is 17.2 Å². The summed E-state index contributed by atoms with van der Waals surface area (Å²) in [6.07, 6.45) is 0. The summed E-state index contributed by atoms with van der Waals surface area (Å²) in [5.41, 5.74) is 7.08. The van der Waals surface area contributed by atoms with Crippen molar-refractivity contribution in [2.45, 2.75) is 12.6 Å². The molecule has 3 N–H and O–H groups in total. The van der Waals surface area contributed by atoms with Gasteiger partial charge in [-0.2, -0.15) is 5.10 Å². The summed E-state index contributed by atoms with van der Waals surface area (Å²) in [4.78, 5) is 4.40. The zero-order valence-corrected chi connectivity index (χ0v) is 15.2. The molecule has 0 bridgehead atoms. The van der Waals surface area contributed by atoms with Crippen LogP contribution < -0.4 is 19.9 Å². The molecule has 1 atom stereocenters. The van der Waals surface area contributed by atoms with Gasteiger partial charge in [0.05, 0.1) is 20.3 Å². The highest BCUT2D eigenvalue weighted by Crippen LogP contribution is 2.30. The molecular weight excluding hydrogens is 356 g/mol. The molecule has 7 nitrogen and oxygen atoms in total. The maximum Gasteiger partial charge on any atom is 0.172 e. The summed E-state index contributed by atoms with van der Waals surface area (Å²) in [5, 5.41) is 7.68. The second kappa shape index (κ2) is 8.07. The number of methoxy groups -OCH3 is 2. The third-order valence-corrected chi connectivity index (χ3v) is 4.04. The zero-order valence-electron chi connectivity index (χ0n) is 14.4. The van der Waals surface area contributed by atoms with Crippen LogP contribution in [0.5, 0.6) is 17.2 Å². The predicted octanol–water partition coefficient (Wildman–Crippen LogP) is 3.10. The molecule has 0 saturated carbocycles. The Labute approximate surface area is 156 Å². The molecule has 3 aromatic rings. The van der Waals surface area contributed by atoms with E-state index in [1.54, 1.807) is 44.6 Å². The third kappa shape index (κ3) is 4.07. The van der Waals surface area contributed by atoms with Crippen molar-refractivity contribution < 1.29 is 14.2 Å². The number of H-pyrrole nitrogens is 1. The van der Waals surface area contributed by atoms with Crippen molar-refractivity contribution in [3.05, 3.63) is 64.7 Å². The lowest BCUT2D eigenvalue weighted by Crippen LogP contribution is -2.14. The maximum absolute atomic E-state index is 6.27. The molecule has 0 unspecified atom stereocenters. The first kappa shape index (κ1) is 18.0. The molecule has 1 heterocycles. The van der Waals surface area contributed by atoms with Crippen LogP contribution in [0.2, 0.25) is 5.02 Å². The summed E-state index contributed by atoms with van der Waals surface area (Å²) >= 11 is 5.85. The van der Waals surface area contributed by atoms with E-state index in [2.05, 4.69) is 15.2 Å². The van der Waals surface area contributed by atoms with Gasteiger partial charge in [-0.15, -0.1) is 0 Å². The Morgan fingerprint density at radius 3 is 2.50 bits per heavy atom. The summed E-state index contributed by atoms with van der Waals surface area (Å²) in [5.74, 6) is 2.96. The number of rotatable bonds is 7. The summed E-state index contributed by atoms with van der Waals surface area (Å²) in [6.45, 7) is 0.243. The Morgan fingerprint density at radius 2 is 1.81 bits per heavy atom. The molecule has 0 fully saturated rings. The van der Waals surface area contributed by atoms with Crippen LogP contribution in [0.1, 0.15) is 23.3 Å². The van der Waals surface area contributed by atoms with E-state index >= 15 is 0 Å². The molecule has 0 radical (unpaired) electrons. The molecule has 0 aliphatic rings. The molecular formula is C18H19ClN4O3. The first-order valence-electron chi connectivity index (χ1n) is 7.87. The Hall–Kier alpha value is -2.77. The van der Waals surface area contributed by atoms with Crippen LogP contribution in [0.15, 0.2) is 42.5 Å². The minimum atomic E-state index is -0.504. The highest BCUT2D eigenvalue weighted by molar-refractivity contribution is 6.30. The quantitative estimate of drug-likeness (QED) is 0.659. The molecule has 26 heavy (non-hydrogen) atoms. The number of aromatic nitrogens is 3. The summed E-state index contributed by atoms with van der Waals surface area (Å²) in [6, 6.07) is 12.0. The van der Waals surface area contributed by atoms with E-state index in [0.29, 0.717) is 33.9 Å². The lowest BCUT2D eigenvalue weighted by atomic mass is 10.1. The van der Waals surface area contributed by atoms with Gasteiger partial charge in [0.25, 0.3) is 0 Å². The molecule has 3 rings (SSSR count). The van der Waals surface area contributed by atoms with Crippen LogP contribution in [0.25, 0.3) is 0 Å². The van der Waals surface area contributed by atoms with Gasteiger partial charge in [0.2, 0.25) is 0 Å². The second-order valence-electron chi connectivity index (χ2n) is 5.47. The van der Waals surface area contributed by atoms with Gasteiger partial charge in [0, 0.05) is 5.02 Å². The fourth-order valence-corrected chi connectivity index (χ4v) is 2.52. The largest absolute Gasteiger partial charge is 0.493 e. The highest BCUT2D eigenvalue weighted by atomic mass is 35.5. The Bertz CT molecular complexity index is 867. The summed E-state index contributed by atoms with van der Waals surface area (Å²) in [7, 11) is 3.16. The van der Waals surface area contributed by atoms with Crippen molar-refractivity contribution in [3.63, 3.8) is 0 Å². The number of halogens is 1. The van der Waals surface area contributed by atoms with E-state index < -0.39 is 6.04 Å². The molecule has 136 valence electrons. The van der Waals surface area contributed by atoms with Gasteiger partial charge in [-0.3, -0.25) is 5.10 Å². The van der Waals surface area contributed by atoms with Crippen LogP contribution in [0.3, 0.4) is 0 Å². The van der Waals surface area contributed by atoms with E-state index in [4.69, 9.17) is 31.5 Å². The van der Waals surface area contributed by atoms with E-state index in [0.717, 1.165) is 5.56 Å². The highest BCUT2D eigenvalue weighted by Gasteiger charge is 2.17. The van der Waals surface area contributed by atoms with Gasteiger partial charge >= 0.3 is 0 Å². The number of nitrogens with two attached hydrogens (primary N) is 1. The normalized spacial score (nSPS) is 11.8. The van der Waals surface area contributed by atoms with Crippen LogP contribution in [-0.4, -0.2) is 29.4 Å². The number of nitrogens with one attached hydrogen (secondary N) is 1. The van der Waals surface area contributed by atoms with Gasteiger partial charge in [0.1, 0.15) is 12.4 Å². The second-order valence-corrected chi connectivity index (χ2v) is 5.91. The van der Waals surface area contributed by atoms with Gasteiger partial charge in [-0.05, 0) is 42.0 Å². The maximum atomic E-state index is 6.27. The lowest BCUT2D eigenvalue weighted by molar-refractivity contribution is 0.296. The van der Waals surface area contributed by atoms with Crippen LogP contribution in [-0.2, 0) is 6.61 Å². The van der Waals surface area contributed by atoms with E-state index in [-0.39, 0.29) is 6.61 Å². The molecule has 0 aliphatic heterocycles. The third-order valence-electron chi connectivity index (χ3n) is 3.78. The topological polar surface area (TPSA) is 95.3 Å². The molecule has 8 heteroatoms. The van der Waals surface area contributed by atoms with Crippen LogP contribution in [0.4, 0.5) is 0 Å². The first-order valence-corrected chi connectivity index (χ1v) is 8.25. The van der Waals surface area contributed by atoms with Gasteiger partial charge in [-0.25, -0.2) is 4.98 Å². The predicted molar refractivity (Wildman–Crippen MR) is 97.7 cm³/mol. The fraction of sp³-hybridized carbons (Fsp3) is 0.222. The molecule has 0 saturated heterocycles. The Balaban J connectivity index is 1.69. The van der Waals surface area contributed by atoms with Crippen LogP contribution >= 0.6 is 11.6 Å². The van der Waals surface area contributed by atoms with Crippen molar-refractivity contribution in [2.75, 3.05) is 14.2 Å². The number of hydrogen-bond acceptors (Lipinski definition) is 6. The molecule has 0 spiro atoms. The minimum absolute atomic E-state index is 0.243. The smallest absolute Gasteiger partial charge is 0.172 e. The van der Waals surface area contributed by atoms with Crippen molar-refractivity contribution in [2.24, 2.45) is 5.73 Å². The number of hydrogen-bond donors (Lipinski definition) is 2. The van der Waals surface area contributed by atoms with E-state index in [9.17, 15) is 0 Å². The Kier molecular flexibility index (Phi) is 5.60. The van der Waals surface area contributed by atoms with Gasteiger partial charge in [-0.1, -0.05) is 17.7 Å². The molecule has 0 amide bonds.